The van der Waals surface area contributed by atoms with E-state index < -0.39 is 10.1 Å². The number of aliphatic hydroxyl groups excluding tert-OH is 1. The van der Waals surface area contributed by atoms with Gasteiger partial charge in [-0.3, -0.25) is 0 Å². The molecule has 1 unspecified atom stereocenters. The average molecular weight is 289 g/mol. The monoisotopic (exact) mass is 289 g/mol. The smallest absolute Gasteiger partial charge is 0.124 e. The third kappa shape index (κ3) is 9.61. The highest BCUT2D eigenvalue weighted by Crippen LogP contribution is 2.08. The van der Waals surface area contributed by atoms with Gasteiger partial charge >= 0.3 is 0 Å². The van der Waals surface area contributed by atoms with Gasteiger partial charge in [-0.1, -0.05) is 17.7 Å². The van der Waals surface area contributed by atoms with Crippen LogP contribution in [0.2, 0.25) is 0 Å². The first kappa shape index (κ1) is 18.0. The zero-order valence-electron chi connectivity index (χ0n) is 12.1. The molecule has 0 amide bonds. The number of likely N-dealkylation sites (N-methyl/N-ethyl adjacent to an activating group) is 1. The lowest BCUT2D eigenvalue weighted by molar-refractivity contribution is -0.873. The van der Waals surface area contributed by atoms with Crippen LogP contribution in [-0.2, 0) is 10.1 Å². The van der Waals surface area contributed by atoms with Crippen LogP contribution in [0.15, 0.2) is 29.2 Å². The molecule has 19 heavy (non-hydrogen) atoms. The third-order valence-electron chi connectivity index (χ3n) is 2.12. The molecular formula is C13H23NO4S. The minimum atomic E-state index is -4.27. The van der Waals surface area contributed by atoms with Crippen LogP contribution in [0.1, 0.15) is 12.5 Å². The van der Waals surface area contributed by atoms with E-state index in [9.17, 15) is 13.0 Å². The molecule has 1 rings (SSSR count). The summed E-state index contributed by atoms with van der Waals surface area (Å²) in [4.78, 5) is -0.178. The Labute approximate surface area is 115 Å². The number of hydrogen-bond donors (Lipinski definition) is 1. The normalized spacial score (nSPS) is 13.4. The van der Waals surface area contributed by atoms with E-state index in [4.69, 9.17) is 5.11 Å². The van der Waals surface area contributed by atoms with Crippen LogP contribution in [0.5, 0.6) is 0 Å². The lowest BCUT2D eigenvalue weighted by atomic mass is 10.2. The first-order valence-corrected chi connectivity index (χ1v) is 7.34. The van der Waals surface area contributed by atoms with Crippen molar-refractivity contribution in [2.24, 2.45) is 0 Å². The fraction of sp³-hybridized carbons (Fsp3) is 0.538. The molecule has 6 heteroatoms. The Balaban J connectivity index is 0.000000362. The molecule has 0 heterocycles. The van der Waals surface area contributed by atoms with Crippen molar-refractivity contribution in [2.75, 3.05) is 27.7 Å². The molecule has 0 aromatic heterocycles. The maximum absolute atomic E-state index is 10.4. The topological polar surface area (TPSA) is 77.4 Å². The largest absolute Gasteiger partial charge is 0.744 e. The van der Waals surface area contributed by atoms with Crippen molar-refractivity contribution in [3.63, 3.8) is 0 Å². The van der Waals surface area contributed by atoms with Gasteiger partial charge in [0.1, 0.15) is 22.8 Å². The van der Waals surface area contributed by atoms with Crippen molar-refractivity contribution in [1.82, 2.24) is 0 Å². The second-order valence-corrected chi connectivity index (χ2v) is 6.97. The lowest BCUT2D eigenvalue weighted by Crippen LogP contribution is -2.40. The van der Waals surface area contributed by atoms with E-state index >= 15 is 0 Å². The van der Waals surface area contributed by atoms with Crippen molar-refractivity contribution in [1.29, 1.82) is 0 Å². The minimum absolute atomic E-state index is 0.178. The lowest BCUT2D eigenvalue weighted by Gasteiger charge is -2.24. The van der Waals surface area contributed by atoms with Crippen molar-refractivity contribution in [3.05, 3.63) is 29.8 Å². The maximum atomic E-state index is 10.4. The summed E-state index contributed by atoms with van der Waals surface area (Å²) in [6.07, 6.45) is -0.185. The number of benzene rings is 1. The van der Waals surface area contributed by atoms with Crippen LogP contribution in [0.4, 0.5) is 0 Å². The highest BCUT2D eigenvalue weighted by molar-refractivity contribution is 7.85. The molecule has 0 saturated carbocycles. The van der Waals surface area contributed by atoms with Gasteiger partial charge in [0.15, 0.2) is 0 Å². The Kier molecular flexibility index (Phi) is 6.65. The Morgan fingerprint density at radius 1 is 1.21 bits per heavy atom. The van der Waals surface area contributed by atoms with Crippen LogP contribution in [-0.4, -0.2) is 56.4 Å². The Bertz CT molecular complexity index is 472. The standard InChI is InChI=1S/C7H8O3S.C6H16NO/c1-6-2-4-7(5-3-6)11(8,9)10;1-6(8)5-7(2,3)4/h2-5H,1H3,(H,8,9,10);6,8H,5H2,1-4H3/q;+1/p-1. The molecule has 1 atom stereocenters. The van der Waals surface area contributed by atoms with Crippen molar-refractivity contribution in [3.8, 4) is 0 Å². The molecule has 1 aromatic rings. The van der Waals surface area contributed by atoms with Gasteiger partial charge in [0.05, 0.1) is 26.0 Å². The molecule has 5 nitrogen and oxygen atoms in total. The summed E-state index contributed by atoms with van der Waals surface area (Å²) in [7, 11) is 1.92. The van der Waals surface area contributed by atoms with Crippen LogP contribution in [0, 0.1) is 6.92 Å². The van der Waals surface area contributed by atoms with Gasteiger partial charge in [-0.05, 0) is 26.0 Å². The van der Waals surface area contributed by atoms with E-state index in [2.05, 4.69) is 21.1 Å². The van der Waals surface area contributed by atoms with E-state index in [0.29, 0.717) is 0 Å². The second-order valence-electron chi connectivity index (χ2n) is 5.59. The molecule has 0 aliphatic rings. The molecule has 0 fully saturated rings. The predicted octanol–water partition coefficient (Wildman–Crippen LogP) is 0.973. The highest BCUT2D eigenvalue weighted by Gasteiger charge is 2.09. The fourth-order valence-electron chi connectivity index (χ4n) is 1.50. The van der Waals surface area contributed by atoms with E-state index in [0.717, 1.165) is 16.6 Å². The van der Waals surface area contributed by atoms with Gasteiger partial charge in [0.2, 0.25) is 0 Å². The van der Waals surface area contributed by atoms with Gasteiger partial charge in [0, 0.05) is 0 Å². The SMILES string of the molecule is CC(O)C[N+](C)(C)C.Cc1ccc(S(=O)(=O)[O-])cc1. The number of rotatable bonds is 3. The summed E-state index contributed by atoms with van der Waals surface area (Å²) in [6, 6.07) is 5.78. The van der Waals surface area contributed by atoms with E-state index in [1.54, 1.807) is 12.1 Å². The highest BCUT2D eigenvalue weighted by atomic mass is 32.2. The van der Waals surface area contributed by atoms with Gasteiger partial charge in [-0.2, -0.15) is 0 Å². The first-order valence-electron chi connectivity index (χ1n) is 5.93. The third-order valence-corrected chi connectivity index (χ3v) is 2.97. The molecule has 1 aromatic carbocycles. The zero-order valence-corrected chi connectivity index (χ0v) is 12.9. The summed E-state index contributed by atoms with van der Waals surface area (Å²) >= 11 is 0. The molecule has 0 bridgehead atoms. The molecule has 0 radical (unpaired) electrons. The van der Waals surface area contributed by atoms with Gasteiger partial charge in [-0.25, -0.2) is 8.42 Å². The van der Waals surface area contributed by atoms with Gasteiger partial charge in [0.25, 0.3) is 0 Å². The van der Waals surface area contributed by atoms with E-state index in [-0.39, 0.29) is 11.0 Å². The predicted molar refractivity (Wildman–Crippen MR) is 73.7 cm³/mol. The Morgan fingerprint density at radius 3 is 1.84 bits per heavy atom. The summed E-state index contributed by atoms with van der Waals surface area (Å²) in [5.74, 6) is 0. The van der Waals surface area contributed by atoms with Crippen LogP contribution in [0.3, 0.4) is 0 Å². The quantitative estimate of drug-likeness (QED) is 0.664. The number of aliphatic hydroxyl groups is 1. The molecule has 0 saturated heterocycles. The second kappa shape index (κ2) is 7.00. The molecule has 1 N–H and O–H groups in total. The van der Waals surface area contributed by atoms with Gasteiger partial charge < -0.3 is 14.1 Å². The minimum Gasteiger partial charge on any atom is -0.744 e. The fourth-order valence-corrected chi connectivity index (χ4v) is 1.97. The summed E-state index contributed by atoms with van der Waals surface area (Å²) in [6.45, 7) is 4.45. The molecule has 0 spiro atoms. The molecule has 0 aliphatic carbocycles. The number of hydrogen-bond acceptors (Lipinski definition) is 4. The van der Waals surface area contributed by atoms with Crippen LogP contribution >= 0.6 is 0 Å². The average Bonchev–Trinajstić information content (AvgIpc) is 2.13. The van der Waals surface area contributed by atoms with Crippen LogP contribution < -0.4 is 0 Å². The zero-order chi connectivity index (χ0) is 15.3. The number of nitrogens with zero attached hydrogens (tertiary/aromatic N) is 1. The summed E-state index contributed by atoms with van der Waals surface area (Å²) in [5.41, 5.74) is 0.928. The maximum Gasteiger partial charge on any atom is 0.124 e. The molecule has 110 valence electrons. The molecular weight excluding hydrogens is 266 g/mol. The Hall–Kier alpha value is -0.950. The van der Waals surface area contributed by atoms with Crippen molar-refractivity contribution in [2.45, 2.75) is 24.8 Å². The van der Waals surface area contributed by atoms with E-state index in [1.807, 2.05) is 13.8 Å². The van der Waals surface area contributed by atoms with Crippen LogP contribution in [0.25, 0.3) is 0 Å². The molecule has 0 aliphatic heterocycles. The number of aryl methyl sites for hydroxylation is 1. The summed E-state index contributed by atoms with van der Waals surface area (Å²) in [5, 5.41) is 8.87. The number of quaternary nitrogens is 1. The van der Waals surface area contributed by atoms with Crippen molar-refractivity contribution < 1.29 is 22.6 Å². The first-order chi connectivity index (χ1) is 8.42. The van der Waals surface area contributed by atoms with E-state index in [1.165, 1.54) is 12.1 Å². The van der Waals surface area contributed by atoms with Crippen molar-refractivity contribution >= 4 is 10.1 Å². The summed E-state index contributed by atoms with van der Waals surface area (Å²) < 4.78 is 32.0. The van der Waals surface area contributed by atoms with Gasteiger partial charge in [-0.15, -0.1) is 0 Å². The Morgan fingerprint density at radius 2 is 1.63 bits per heavy atom.